The summed E-state index contributed by atoms with van der Waals surface area (Å²) >= 11 is 0. The van der Waals surface area contributed by atoms with Crippen LogP contribution in [0.5, 0.6) is 5.75 Å². The highest BCUT2D eigenvalue weighted by atomic mass is 16.5. The molecule has 2 amide bonds. The smallest absolute Gasteiger partial charge is 0.315 e. The van der Waals surface area contributed by atoms with Crippen molar-refractivity contribution in [2.24, 2.45) is 0 Å². The summed E-state index contributed by atoms with van der Waals surface area (Å²) < 4.78 is 10.3. The third kappa shape index (κ3) is 5.32. The predicted octanol–water partition coefficient (Wildman–Crippen LogP) is 1.99. The van der Waals surface area contributed by atoms with Gasteiger partial charge >= 0.3 is 6.03 Å². The van der Waals surface area contributed by atoms with Crippen LogP contribution in [0.15, 0.2) is 28.8 Å². The summed E-state index contributed by atoms with van der Waals surface area (Å²) in [6, 6.07) is 6.95. The van der Waals surface area contributed by atoms with Gasteiger partial charge in [0.15, 0.2) is 5.82 Å². The Morgan fingerprint density at radius 3 is 2.79 bits per heavy atom. The number of benzene rings is 1. The van der Waals surface area contributed by atoms with Crippen LogP contribution in [-0.4, -0.2) is 29.3 Å². The van der Waals surface area contributed by atoms with E-state index >= 15 is 0 Å². The molecule has 0 spiro atoms. The molecule has 0 fully saturated rings. The van der Waals surface area contributed by atoms with Gasteiger partial charge in [-0.3, -0.25) is 0 Å². The average Bonchev–Trinajstić information content (AvgIpc) is 3.01. The van der Waals surface area contributed by atoms with Crippen LogP contribution in [0.25, 0.3) is 0 Å². The molecule has 7 heteroatoms. The van der Waals surface area contributed by atoms with Gasteiger partial charge in [-0.05, 0) is 38.0 Å². The first-order valence-electron chi connectivity index (χ1n) is 7.58. The highest BCUT2D eigenvalue weighted by Gasteiger charge is 2.14. The molecule has 1 atom stereocenters. The lowest BCUT2D eigenvalue weighted by molar-refractivity contribution is 0.234. The number of hydrogen-bond donors (Lipinski definition) is 2. The summed E-state index contributed by atoms with van der Waals surface area (Å²) in [6.45, 7) is 4.26. The quantitative estimate of drug-likeness (QED) is 0.759. The van der Waals surface area contributed by atoms with E-state index in [9.17, 15) is 4.79 Å². The Balaban J connectivity index is 1.71. The number of nitrogens with one attached hydrogen (secondary N) is 2. The Hall–Kier alpha value is -3.01. The molecule has 1 heterocycles. The van der Waals surface area contributed by atoms with E-state index in [1.54, 1.807) is 13.8 Å². The first-order chi connectivity index (χ1) is 11.6. The van der Waals surface area contributed by atoms with E-state index in [1.807, 2.05) is 24.3 Å². The molecule has 0 bridgehead atoms. The maximum Gasteiger partial charge on any atom is 0.315 e. The molecule has 24 heavy (non-hydrogen) atoms. The number of terminal acetylenes is 1. The van der Waals surface area contributed by atoms with E-state index in [0.717, 1.165) is 11.3 Å². The van der Waals surface area contributed by atoms with Gasteiger partial charge < -0.3 is 19.9 Å². The molecule has 1 aromatic carbocycles. The number of hydrogen-bond acceptors (Lipinski definition) is 5. The van der Waals surface area contributed by atoms with Gasteiger partial charge in [0.1, 0.15) is 18.4 Å². The lowest BCUT2D eigenvalue weighted by Crippen LogP contribution is -2.38. The molecule has 0 aliphatic carbocycles. The number of aromatic nitrogens is 2. The van der Waals surface area contributed by atoms with Gasteiger partial charge in [-0.25, -0.2) is 4.79 Å². The van der Waals surface area contributed by atoms with E-state index in [2.05, 4.69) is 26.7 Å². The molecule has 2 aromatic rings. The van der Waals surface area contributed by atoms with E-state index in [4.69, 9.17) is 15.7 Å². The summed E-state index contributed by atoms with van der Waals surface area (Å²) in [5, 5.41) is 9.23. The second-order valence-corrected chi connectivity index (χ2v) is 5.19. The Morgan fingerprint density at radius 1 is 1.42 bits per heavy atom. The van der Waals surface area contributed by atoms with E-state index in [1.165, 1.54) is 0 Å². The van der Waals surface area contributed by atoms with Gasteiger partial charge in [0, 0.05) is 6.54 Å². The molecule has 1 aromatic heterocycles. The van der Waals surface area contributed by atoms with E-state index in [-0.39, 0.29) is 18.7 Å². The topological polar surface area (TPSA) is 89.3 Å². The number of aryl methyl sites for hydroxylation is 1. The van der Waals surface area contributed by atoms with Crippen molar-refractivity contribution in [2.45, 2.75) is 26.3 Å². The van der Waals surface area contributed by atoms with Crippen molar-refractivity contribution in [3.05, 3.63) is 41.5 Å². The van der Waals surface area contributed by atoms with Crippen LogP contribution in [0, 0.1) is 19.3 Å². The maximum atomic E-state index is 11.8. The van der Waals surface area contributed by atoms with Gasteiger partial charge in [0.05, 0.1) is 0 Å². The Morgan fingerprint density at radius 2 is 2.17 bits per heavy atom. The molecule has 2 rings (SSSR count). The zero-order valence-corrected chi connectivity index (χ0v) is 13.7. The summed E-state index contributed by atoms with van der Waals surface area (Å²) in [5.41, 5.74) is 1.09. The molecule has 0 radical (unpaired) electrons. The normalized spacial score (nSPS) is 11.4. The first kappa shape index (κ1) is 17.3. The van der Waals surface area contributed by atoms with Crippen LogP contribution in [0.4, 0.5) is 4.79 Å². The second-order valence-electron chi connectivity index (χ2n) is 5.19. The second kappa shape index (κ2) is 8.58. The summed E-state index contributed by atoms with van der Waals surface area (Å²) in [6.07, 6.45) is 5.84. The van der Waals surface area contributed by atoms with Crippen molar-refractivity contribution in [1.82, 2.24) is 20.8 Å². The minimum absolute atomic E-state index is 0.249. The van der Waals surface area contributed by atoms with Crippen molar-refractivity contribution in [3.63, 3.8) is 0 Å². The molecular weight excluding hydrogens is 308 g/mol. The molecular formula is C17H20N4O3. The Bertz CT molecular complexity index is 703. The van der Waals surface area contributed by atoms with Crippen LogP contribution in [0.1, 0.15) is 30.2 Å². The van der Waals surface area contributed by atoms with Crippen LogP contribution < -0.4 is 15.4 Å². The van der Waals surface area contributed by atoms with Gasteiger partial charge in [-0.1, -0.05) is 23.2 Å². The standard InChI is InChI=1S/C17H20N4O3/c1-4-11-23-15-7-5-14(6-8-15)9-10-18-17(22)19-12(2)16-20-13(3)21-24-16/h1,5-8,12H,9-11H2,2-3H3,(H2,18,19,22)/t12-/m1/s1. The number of rotatable bonds is 7. The largest absolute Gasteiger partial charge is 0.481 e. The van der Waals surface area contributed by atoms with Gasteiger partial charge in [0.2, 0.25) is 5.89 Å². The van der Waals surface area contributed by atoms with Crippen LogP contribution in [0.2, 0.25) is 0 Å². The Kier molecular flexibility index (Phi) is 6.20. The third-order valence-electron chi connectivity index (χ3n) is 3.21. The fraction of sp³-hybridized carbons (Fsp3) is 0.353. The lowest BCUT2D eigenvalue weighted by atomic mass is 10.1. The number of urea groups is 1. The Labute approximate surface area is 140 Å². The first-order valence-corrected chi connectivity index (χ1v) is 7.58. The zero-order chi connectivity index (χ0) is 17.4. The van der Waals surface area contributed by atoms with Crippen molar-refractivity contribution in [2.75, 3.05) is 13.2 Å². The number of carbonyl (C=O) groups is 1. The highest BCUT2D eigenvalue weighted by molar-refractivity contribution is 5.74. The van der Waals surface area contributed by atoms with Crippen LogP contribution in [0.3, 0.4) is 0 Å². The highest BCUT2D eigenvalue weighted by Crippen LogP contribution is 2.12. The predicted molar refractivity (Wildman–Crippen MR) is 88.5 cm³/mol. The van der Waals surface area contributed by atoms with Crippen molar-refractivity contribution >= 4 is 6.03 Å². The summed E-state index contributed by atoms with van der Waals surface area (Å²) in [7, 11) is 0. The molecule has 0 aliphatic rings. The molecule has 0 aliphatic heterocycles. The van der Waals surface area contributed by atoms with E-state index < -0.39 is 0 Å². The van der Waals surface area contributed by atoms with Gasteiger partial charge in [-0.2, -0.15) is 4.98 Å². The third-order valence-corrected chi connectivity index (χ3v) is 3.21. The van der Waals surface area contributed by atoms with Crippen molar-refractivity contribution in [3.8, 4) is 18.1 Å². The lowest BCUT2D eigenvalue weighted by Gasteiger charge is -2.11. The van der Waals surface area contributed by atoms with Crippen LogP contribution in [-0.2, 0) is 6.42 Å². The SMILES string of the molecule is C#CCOc1ccc(CCNC(=O)N[C@H](C)c2nc(C)no2)cc1. The van der Waals surface area contributed by atoms with Crippen molar-refractivity contribution < 1.29 is 14.1 Å². The fourth-order valence-corrected chi connectivity index (χ4v) is 2.00. The summed E-state index contributed by atoms with van der Waals surface area (Å²) in [5.74, 6) is 4.06. The summed E-state index contributed by atoms with van der Waals surface area (Å²) in [4.78, 5) is 15.9. The number of nitrogens with zero attached hydrogens (tertiary/aromatic N) is 2. The molecule has 126 valence electrons. The number of amides is 2. The number of carbonyl (C=O) groups excluding carboxylic acids is 1. The molecule has 0 saturated heterocycles. The van der Waals surface area contributed by atoms with Gasteiger partial charge in [0.25, 0.3) is 0 Å². The minimum Gasteiger partial charge on any atom is -0.481 e. The zero-order valence-electron chi connectivity index (χ0n) is 13.7. The monoisotopic (exact) mass is 328 g/mol. The van der Waals surface area contributed by atoms with Crippen LogP contribution >= 0.6 is 0 Å². The van der Waals surface area contributed by atoms with Gasteiger partial charge in [-0.15, -0.1) is 6.42 Å². The average molecular weight is 328 g/mol. The van der Waals surface area contributed by atoms with Crippen molar-refractivity contribution in [1.29, 1.82) is 0 Å². The van der Waals surface area contributed by atoms with E-state index in [0.29, 0.717) is 24.7 Å². The minimum atomic E-state index is -0.348. The maximum absolute atomic E-state index is 11.8. The molecule has 0 unspecified atom stereocenters. The fourth-order valence-electron chi connectivity index (χ4n) is 2.00. The molecule has 2 N–H and O–H groups in total. The molecule has 7 nitrogen and oxygen atoms in total. The number of ether oxygens (including phenoxy) is 1. The molecule has 0 saturated carbocycles.